The molecule has 0 saturated heterocycles. The average Bonchev–Trinajstić information content (AvgIpc) is 3.10. The van der Waals surface area contributed by atoms with Crippen molar-refractivity contribution in [2.75, 3.05) is 10.6 Å². The fraction of sp³-hybridized carbons (Fsp3) is 0.120. The van der Waals surface area contributed by atoms with E-state index in [1.807, 2.05) is 55.5 Å². The highest BCUT2D eigenvalue weighted by Crippen LogP contribution is 2.42. The molecule has 0 aliphatic carbocycles. The molecule has 1 spiro atoms. The number of anilines is 2. The van der Waals surface area contributed by atoms with Gasteiger partial charge in [0.05, 0.1) is 22.5 Å². The standard InChI is InChI=1S/C25H18ClN5O2S/c1-14-6-8-15(9-7-14)13-34-24-28-22(32)21-17-4-2-3-5-19(17)29-25(31(21)30-24)18-12-16(26)10-11-20(18)27-23(25)33/h2-12H,13H2,1H3,(H2,27,28,30,32,33)/p+1/t25-/m1/s1. The first-order valence-electron chi connectivity index (χ1n) is 10.7. The van der Waals surface area contributed by atoms with Crippen LogP contribution in [0.2, 0.25) is 5.02 Å². The molecule has 3 N–H and O–H groups in total. The molecule has 6 rings (SSSR count). The molecule has 3 aromatic carbocycles. The monoisotopic (exact) mass is 488 g/mol. The number of hydrogen-bond donors (Lipinski definition) is 3. The molecule has 0 fully saturated rings. The highest BCUT2D eigenvalue weighted by atomic mass is 35.5. The number of aromatic amines is 1. The van der Waals surface area contributed by atoms with E-state index in [4.69, 9.17) is 16.7 Å². The number of hydrogen-bond acceptors (Lipinski definition) is 5. The van der Waals surface area contributed by atoms with Gasteiger partial charge < -0.3 is 10.6 Å². The number of thioether (sulfide) groups is 1. The number of aromatic nitrogens is 3. The zero-order valence-electron chi connectivity index (χ0n) is 18.1. The minimum atomic E-state index is -1.45. The van der Waals surface area contributed by atoms with Gasteiger partial charge in [0.15, 0.2) is 0 Å². The summed E-state index contributed by atoms with van der Waals surface area (Å²) >= 11 is 7.73. The van der Waals surface area contributed by atoms with E-state index in [0.29, 0.717) is 44.1 Å². The summed E-state index contributed by atoms with van der Waals surface area (Å²) in [5.74, 6) is 0.284. The Morgan fingerprint density at radius 3 is 2.65 bits per heavy atom. The number of H-pyrrole nitrogens is 1. The summed E-state index contributed by atoms with van der Waals surface area (Å²) in [5, 5.41) is 12.0. The summed E-state index contributed by atoms with van der Waals surface area (Å²) in [6.07, 6.45) is 0. The Morgan fingerprint density at radius 1 is 1.03 bits per heavy atom. The third-order valence-corrected chi connectivity index (χ3v) is 7.27. The minimum absolute atomic E-state index is 0.303. The molecule has 2 aliphatic heterocycles. The summed E-state index contributed by atoms with van der Waals surface area (Å²) in [6, 6.07) is 20.8. The van der Waals surface area contributed by atoms with Crippen LogP contribution >= 0.6 is 23.4 Å². The van der Waals surface area contributed by atoms with Gasteiger partial charge in [0, 0.05) is 15.9 Å². The van der Waals surface area contributed by atoms with Gasteiger partial charge in [0.25, 0.3) is 0 Å². The lowest BCUT2D eigenvalue weighted by atomic mass is 9.95. The Balaban J connectivity index is 1.54. The number of aryl methyl sites for hydroxylation is 1. The van der Waals surface area contributed by atoms with Crippen molar-refractivity contribution in [2.24, 2.45) is 0 Å². The van der Waals surface area contributed by atoms with E-state index in [0.717, 1.165) is 5.56 Å². The number of para-hydroxylation sites is 1. The summed E-state index contributed by atoms with van der Waals surface area (Å²) in [5.41, 5.74) is 3.38. The van der Waals surface area contributed by atoms with Gasteiger partial charge in [-0.15, -0.1) is 0 Å². The van der Waals surface area contributed by atoms with Crippen LogP contribution in [0, 0.1) is 6.92 Å². The first-order valence-corrected chi connectivity index (χ1v) is 12.1. The van der Waals surface area contributed by atoms with E-state index in [-0.39, 0.29) is 11.5 Å². The van der Waals surface area contributed by atoms with Crippen molar-refractivity contribution in [3.8, 4) is 11.3 Å². The van der Waals surface area contributed by atoms with E-state index in [1.54, 1.807) is 18.2 Å². The molecule has 2 aliphatic rings. The molecule has 9 heteroatoms. The summed E-state index contributed by atoms with van der Waals surface area (Å²) in [7, 11) is 0. The highest BCUT2D eigenvalue weighted by Gasteiger charge is 2.62. The van der Waals surface area contributed by atoms with Crippen molar-refractivity contribution in [3.05, 3.63) is 98.8 Å². The Bertz CT molecular complexity index is 1540. The van der Waals surface area contributed by atoms with Gasteiger partial charge in [0.2, 0.25) is 5.16 Å². The predicted octanol–water partition coefficient (Wildman–Crippen LogP) is 4.06. The third kappa shape index (κ3) is 3.13. The van der Waals surface area contributed by atoms with E-state index >= 15 is 0 Å². The molecular weight excluding hydrogens is 470 g/mol. The fourth-order valence-electron chi connectivity index (χ4n) is 4.44. The topological polar surface area (TPSA) is 90.8 Å². The van der Waals surface area contributed by atoms with Crippen LogP contribution in [-0.2, 0) is 16.2 Å². The van der Waals surface area contributed by atoms with Gasteiger partial charge >= 0.3 is 22.8 Å². The van der Waals surface area contributed by atoms with Gasteiger partial charge in [-0.25, -0.2) is 0 Å². The van der Waals surface area contributed by atoms with Crippen LogP contribution in [0.3, 0.4) is 0 Å². The molecular formula is C25H19ClN5O2S+. The zero-order valence-corrected chi connectivity index (χ0v) is 19.6. The molecule has 34 heavy (non-hydrogen) atoms. The van der Waals surface area contributed by atoms with Gasteiger partial charge in [-0.1, -0.05) is 65.3 Å². The van der Waals surface area contributed by atoms with Crippen LogP contribution in [0.25, 0.3) is 11.3 Å². The number of fused-ring (bicyclic) bond motifs is 6. The summed E-state index contributed by atoms with van der Waals surface area (Å²) in [4.78, 5) is 29.8. The van der Waals surface area contributed by atoms with Crippen molar-refractivity contribution < 1.29 is 9.48 Å². The fourth-order valence-corrected chi connectivity index (χ4v) is 5.41. The molecule has 1 amide bonds. The summed E-state index contributed by atoms with van der Waals surface area (Å²) in [6.45, 7) is 2.04. The molecule has 0 unspecified atom stereocenters. The van der Waals surface area contributed by atoms with E-state index in [1.165, 1.54) is 22.0 Å². The number of carbonyl (C=O) groups excluding carboxylic acids is 1. The molecule has 0 radical (unpaired) electrons. The van der Waals surface area contributed by atoms with Crippen LogP contribution in [0.4, 0.5) is 11.4 Å². The van der Waals surface area contributed by atoms with Gasteiger partial charge in [-0.2, -0.15) is 0 Å². The third-order valence-electron chi connectivity index (χ3n) is 6.10. The van der Waals surface area contributed by atoms with E-state index in [9.17, 15) is 9.59 Å². The Hall–Kier alpha value is -3.62. The van der Waals surface area contributed by atoms with Crippen LogP contribution < -0.4 is 20.9 Å². The number of rotatable bonds is 3. The zero-order chi connectivity index (χ0) is 23.4. The Kier molecular flexibility index (Phi) is 4.75. The average molecular weight is 489 g/mol. The molecule has 168 valence electrons. The van der Waals surface area contributed by atoms with Crippen LogP contribution in [-0.4, -0.2) is 16.0 Å². The van der Waals surface area contributed by atoms with E-state index in [2.05, 4.69) is 15.6 Å². The Labute approximate surface area is 204 Å². The van der Waals surface area contributed by atoms with Crippen molar-refractivity contribution in [2.45, 2.75) is 23.5 Å². The van der Waals surface area contributed by atoms with E-state index < -0.39 is 5.66 Å². The first kappa shape index (κ1) is 20.9. The molecule has 4 aromatic rings. The first-order chi connectivity index (χ1) is 16.5. The lowest BCUT2D eigenvalue weighted by Gasteiger charge is -2.28. The molecule has 3 heterocycles. The Morgan fingerprint density at radius 2 is 1.82 bits per heavy atom. The molecule has 0 bridgehead atoms. The number of benzene rings is 3. The lowest BCUT2D eigenvalue weighted by Crippen LogP contribution is -2.71. The maximum absolute atomic E-state index is 13.5. The molecule has 0 saturated carbocycles. The highest BCUT2D eigenvalue weighted by molar-refractivity contribution is 7.98. The number of nitrogens with one attached hydrogen (secondary N) is 3. The predicted molar refractivity (Wildman–Crippen MR) is 132 cm³/mol. The number of amides is 1. The van der Waals surface area contributed by atoms with Gasteiger partial charge in [0.1, 0.15) is 0 Å². The van der Waals surface area contributed by atoms with Crippen molar-refractivity contribution in [1.29, 1.82) is 0 Å². The van der Waals surface area contributed by atoms with Crippen molar-refractivity contribution in [3.63, 3.8) is 0 Å². The molecule has 1 atom stereocenters. The van der Waals surface area contributed by atoms with Gasteiger partial charge in [-0.3, -0.25) is 14.6 Å². The summed E-state index contributed by atoms with van der Waals surface area (Å²) < 4.78 is 1.50. The normalized spacial score (nSPS) is 17.5. The molecule has 7 nitrogen and oxygen atoms in total. The van der Waals surface area contributed by atoms with Crippen molar-refractivity contribution >= 4 is 40.6 Å². The largest absolute Gasteiger partial charge is 0.374 e. The molecule has 1 aromatic heterocycles. The second-order valence-electron chi connectivity index (χ2n) is 8.32. The number of halogens is 1. The quantitative estimate of drug-likeness (QED) is 0.299. The lowest BCUT2D eigenvalue weighted by molar-refractivity contribution is -0.781. The smallest absolute Gasteiger partial charge is 0.317 e. The van der Waals surface area contributed by atoms with Crippen molar-refractivity contribution in [1.82, 2.24) is 10.1 Å². The maximum Gasteiger partial charge on any atom is 0.374 e. The number of carbonyl (C=O) groups is 1. The van der Waals surface area contributed by atoms with Crippen LogP contribution in [0.15, 0.2) is 76.7 Å². The van der Waals surface area contributed by atoms with Gasteiger partial charge in [-0.05, 0) is 47.5 Å². The van der Waals surface area contributed by atoms with Crippen LogP contribution in [0.5, 0.6) is 0 Å². The maximum atomic E-state index is 13.5. The second kappa shape index (κ2) is 7.72. The SMILES string of the molecule is Cc1ccc(CSc2n[n+]3c(c(=O)[nH]2)-c2ccccc2N[C@@]32C(=O)Nc3ccc(Cl)cc32)cc1. The second-order valence-corrected chi connectivity index (χ2v) is 9.72. The number of nitrogens with zero attached hydrogens (tertiary/aromatic N) is 2. The minimum Gasteiger partial charge on any atom is -0.317 e. The van der Waals surface area contributed by atoms with Crippen LogP contribution in [0.1, 0.15) is 16.7 Å².